The number of hydrogen-bond acceptors (Lipinski definition) is 4. The Morgan fingerprint density at radius 2 is 2.29 bits per heavy atom. The van der Waals surface area contributed by atoms with Gasteiger partial charge in [-0.3, -0.25) is 9.79 Å². The first-order valence-corrected chi connectivity index (χ1v) is 6.82. The molecule has 5 heteroatoms. The van der Waals surface area contributed by atoms with Crippen molar-refractivity contribution in [2.24, 2.45) is 4.99 Å². The van der Waals surface area contributed by atoms with E-state index >= 15 is 0 Å². The fourth-order valence-electron chi connectivity index (χ4n) is 1.19. The number of rotatable bonds is 4. The van der Waals surface area contributed by atoms with Crippen LogP contribution < -0.4 is 0 Å². The highest BCUT2D eigenvalue weighted by Gasteiger charge is 2.13. The van der Waals surface area contributed by atoms with Crippen LogP contribution in [0.2, 0.25) is 0 Å². The molecule has 0 aliphatic carbocycles. The Balaban J connectivity index is 2.26. The van der Waals surface area contributed by atoms with E-state index in [0.29, 0.717) is 5.75 Å². The first-order chi connectivity index (χ1) is 6.77. The van der Waals surface area contributed by atoms with Gasteiger partial charge in [0.25, 0.3) is 0 Å². The Morgan fingerprint density at radius 1 is 1.57 bits per heavy atom. The van der Waals surface area contributed by atoms with Crippen molar-refractivity contribution in [2.75, 3.05) is 31.1 Å². The van der Waals surface area contributed by atoms with E-state index in [1.807, 2.05) is 18.7 Å². The normalized spacial score (nSPS) is 15.4. The Morgan fingerprint density at radius 3 is 2.79 bits per heavy atom. The number of hydrogen-bond donors (Lipinski definition) is 0. The van der Waals surface area contributed by atoms with Crippen LogP contribution >= 0.6 is 23.5 Å². The van der Waals surface area contributed by atoms with Crippen LogP contribution in [0.15, 0.2) is 4.99 Å². The maximum Gasteiger partial charge on any atom is 0.232 e. The lowest BCUT2D eigenvalue weighted by atomic mass is 10.5. The Bertz CT molecular complexity index is 227. The minimum absolute atomic E-state index is 0.218. The highest BCUT2D eigenvalue weighted by atomic mass is 32.2. The lowest BCUT2D eigenvalue weighted by Crippen LogP contribution is -2.32. The summed E-state index contributed by atoms with van der Waals surface area (Å²) >= 11 is 3.33. The van der Waals surface area contributed by atoms with Crippen LogP contribution in [0.4, 0.5) is 0 Å². The van der Waals surface area contributed by atoms with Crippen molar-refractivity contribution in [2.45, 2.75) is 13.8 Å². The van der Waals surface area contributed by atoms with E-state index in [9.17, 15) is 4.79 Å². The minimum atomic E-state index is 0.218. The number of carbonyl (C=O) groups excluding carboxylic acids is 1. The van der Waals surface area contributed by atoms with E-state index in [0.717, 1.165) is 29.8 Å². The second-order valence-electron chi connectivity index (χ2n) is 2.85. The van der Waals surface area contributed by atoms with E-state index in [4.69, 9.17) is 0 Å². The molecule has 14 heavy (non-hydrogen) atoms. The van der Waals surface area contributed by atoms with Crippen LogP contribution in [0.3, 0.4) is 0 Å². The SMILES string of the molecule is CCN(CC)C(=O)CSC1=NCCS1. The van der Waals surface area contributed by atoms with Gasteiger partial charge in [0, 0.05) is 18.8 Å². The van der Waals surface area contributed by atoms with Gasteiger partial charge in [0.05, 0.1) is 12.3 Å². The van der Waals surface area contributed by atoms with Crippen molar-refractivity contribution >= 4 is 33.8 Å². The minimum Gasteiger partial charge on any atom is -0.343 e. The van der Waals surface area contributed by atoms with Gasteiger partial charge in [0.15, 0.2) is 0 Å². The van der Waals surface area contributed by atoms with E-state index in [-0.39, 0.29) is 5.91 Å². The maximum atomic E-state index is 11.6. The lowest BCUT2D eigenvalue weighted by Gasteiger charge is -2.17. The predicted octanol–water partition coefficient (Wildman–Crippen LogP) is 1.69. The molecular formula is C9H16N2OS2. The third kappa shape index (κ3) is 3.53. The highest BCUT2D eigenvalue weighted by molar-refractivity contribution is 8.39. The molecule has 0 fully saturated rings. The quantitative estimate of drug-likeness (QED) is 0.739. The van der Waals surface area contributed by atoms with Crippen LogP contribution in [0, 0.1) is 0 Å². The molecule has 1 aliphatic rings. The van der Waals surface area contributed by atoms with Crippen molar-refractivity contribution in [3.63, 3.8) is 0 Å². The monoisotopic (exact) mass is 232 g/mol. The van der Waals surface area contributed by atoms with Crippen LogP contribution in [0.25, 0.3) is 0 Å². The zero-order valence-electron chi connectivity index (χ0n) is 8.65. The van der Waals surface area contributed by atoms with E-state index in [2.05, 4.69) is 4.99 Å². The van der Waals surface area contributed by atoms with E-state index in [1.165, 1.54) is 0 Å². The fourth-order valence-corrected chi connectivity index (χ4v) is 3.11. The topological polar surface area (TPSA) is 32.7 Å². The highest BCUT2D eigenvalue weighted by Crippen LogP contribution is 2.22. The molecule has 0 bridgehead atoms. The van der Waals surface area contributed by atoms with E-state index in [1.54, 1.807) is 23.5 Å². The number of nitrogens with zero attached hydrogens (tertiary/aromatic N) is 2. The summed E-state index contributed by atoms with van der Waals surface area (Å²) in [6.45, 7) is 6.53. The molecule has 0 N–H and O–H groups in total. The molecule has 1 amide bonds. The van der Waals surface area contributed by atoms with Gasteiger partial charge >= 0.3 is 0 Å². The van der Waals surface area contributed by atoms with Crippen molar-refractivity contribution in [1.82, 2.24) is 4.90 Å². The fraction of sp³-hybridized carbons (Fsp3) is 0.778. The molecule has 0 atom stereocenters. The first kappa shape index (κ1) is 11.9. The zero-order valence-corrected chi connectivity index (χ0v) is 10.3. The molecule has 0 unspecified atom stereocenters. The molecule has 0 saturated heterocycles. The third-order valence-corrected chi connectivity index (χ3v) is 4.23. The summed E-state index contributed by atoms with van der Waals surface area (Å²) < 4.78 is 1.07. The van der Waals surface area contributed by atoms with Crippen LogP contribution in [-0.4, -0.2) is 46.3 Å². The van der Waals surface area contributed by atoms with Crippen LogP contribution in [-0.2, 0) is 4.79 Å². The largest absolute Gasteiger partial charge is 0.343 e. The van der Waals surface area contributed by atoms with E-state index < -0.39 is 0 Å². The van der Waals surface area contributed by atoms with Gasteiger partial charge in [-0.1, -0.05) is 23.5 Å². The van der Waals surface area contributed by atoms with Gasteiger partial charge in [-0.2, -0.15) is 0 Å². The first-order valence-electron chi connectivity index (χ1n) is 4.85. The van der Waals surface area contributed by atoms with Crippen LogP contribution in [0.1, 0.15) is 13.8 Å². The second-order valence-corrected chi connectivity index (χ2v) is 5.16. The molecule has 1 heterocycles. The van der Waals surface area contributed by atoms with Gasteiger partial charge in [-0.15, -0.1) is 0 Å². The molecule has 1 rings (SSSR count). The van der Waals surface area contributed by atoms with Gasteiger partial charge in [-0.25, -0.2) is 0 Å². The summed E-state index contributed by atoms with van der Waals surface area (Å²) in [6, 6.07) is 0. The van der Waals surface area contributed by atoms with Gasteiger partial charge in [-0.05, 0) is 13.8 Å². The molecule has 1 aliphatic heterocycles. The number of carbonyl (C=O) groups is 1. The average molecular weight is 232 g/mol. The number of thioether (sulfide) groups is 2. The summed E-state index contributed by atoms with van der Waals surface area (Å²) in [4.78, 5) is 17.7. The van der Waals surface area contributed by atoms with Crippen molar-refractivity contribution in [1.29, 1.82) is 0 Å². The molecule has 0 aromatic heterocycles. The summed E-state index contributed by atoms with van der Waals surface area (Å²) in [5.74, 6) is 1.82. The Kier molecular flexibility index (Phi) is 5.40. The number of aliphatic imine (C=N–C) groups is 1. The van der Waals surface area contributed by atoms with Gasteiger partial charge < -0.3 is 4.90 Å². The zero-order chi connectivity index (χ0) is 10.4. The van der Waals surface area contributed by atoms with Crippen molar-refractivity contribution in [3.05, 3.63) is 0 Å². The Labute approximate surface area is 93.7 Å². The smallest absolute Gasteiger partial charge is 0.232 e. The maximum absolute atomic E-state index is 11.6. The van der Waals surface area contributed by atoms with Crippen molar-refractivity contribution < 1.29 is 4.79 Å². The van der Waals surface area contributed by atoms with Crippen LogP contribution in [0.5, 0.6) is 0 Å². The Hall–Kier alpha value is -0.160. The molecule has 3 nitrogen and oxygen atoms in total. The summed E-state index contributed by atoms with van der Waals surface area (Å²) in [6.07, 6.45) is 0. The predicted molar refractivity (Wildman–Crippen MR) is 65.1 cm³/mol. The molecule has 0 aromatic rings. The summed E-state index contributed by atoms with van der Waals surface area (Å²) in [5.41, 5.74) is 0. The molecule has 80 valence electrons. The second kappa shape index (κ2) is 6.35. The van der Waals surface area contributed by atoms with Gasteiger partial charge in [0.1, 0.15) is 4.38 Å². The average Bonchev–Trinajstić information content (AvgIpc) is 2.69. The standard InChI is InChI=1S/C9H16N2OS2/c1-3-11(4-2)8(12)7-14-9-10-5-6-13-9/h3-7H2,1-2H3. The summed E-state index contributed by atoms with van der Waals surface area (Å²) in [7, 11) is 0. The summed E-state index contributed by atoms with van der Waals surface area (Å²) in [5, 5.41) is 0. The molecule has 0 saturated carbocycles. The van der Waals surface area contributed by atoms with Gasteiger partial charge in [0.2, 0.25) is 5.91 Å². The molecule has 0 radical (unpaired) electrons. The lowest BCUT2D eigenvalue weighted by molar-refractivity contribution is -0.127. The molecule has 0 aromatic carbocycles. The molecular weight excluding hydrogens is 216 g/mol. The number of amides is 1. The third-order valence-electron chi connectivity index (χ3n) is 1.99. The van der Waals surface area contributed by atoms with Crippen molar-refractivity contribution in [3.8, 4) is 0 Å². The molecule has 0 spiro atoms.